The molecule has 6 heteroatoms. The van der Waals surface area contributed by atoms with Crippen LogP contribution in [0, 0.1) is 17.2 Å². The molecule has 1 saturated carbocycles. The number of likely N-dealkylation sites (tertiary alicyclic amines) is 1. The average molecular weight is 350 g/mol. The molecule has 0 spiro atoms. The van der Waals surface area contributed by atoms with Gasteiger partial charge in [-0.2, -0.15) is 5.26 Å². The van der Waals surface area contributed by atoms with Crippen molar-refractivity contribution in [3.8, 4) is 6.07 Å². The highest BCUT2D eigenvalue weighted by molar-refractivity contribution is 5.79. The number of nitrogens with zero attached hydrogens (tertiary/aromatic N) is 4. The van der Waals surface area contributed by atoms with Crippen molar-refractivity contribution in [3.05, 3.63) is 35.8 Å². The minimum Gasteiger partial charge on any atom is -0.449 e. The molecule has 4 rings (SSSR count). The molecule has 26 heavy (non-hydrogen) atoms. The molecule has 1 amide bonds. The lowest BCUT2D eigenvalue weighted by molar-refractivity contribution is 0.0887. The van der Waals surface area contributed by atoms with E-state index in [0.29, 0.717) is 24.8 Å². The zero-order chi connectivity index (χ0) is 18.1. The molecule has 1 aliphatic carbocycles. The van der Waals surface area contributed by atoms with Gasteiger partial charge in [-0.1, -0.05) is 13.3 Å². The van der Waals surface area contributed by atoms with E-state index in [0.717, 1.165) is 48.8 Å². The van der Waals surface area contributed by atoms with Gasteiger partial charge in [-0.05, 0) is 37.3 Å². The minimum atomic E-state index is -0.208. The second-order valence-electron chi connectivity index (χ2n) is 7.31. The number of ether oxygens (including phenoxy) is 1. The lowest BCUT2D eigenvalue weighted by Crippen LogP contribution is -2.43. The molecule has 6 nitrogen and oxygen atoms in total. The van der Waals surface area contributed by atoms with Gasteiger partial charge < -0.3 is 9.64 Å². The topological polar surface area (TPSA) is 79.1 Å². The number of piperidine rings is 1. The Labute approximate surface area is 152 Å². The summed E-state index contributed by atoms with van der Waals surface area (Å²) < 4.78 is 5.39. The summed E-state index contributed by atoms with van der Waals surface area (Å²) >= 11 is 0. The fourth-order valence-electron chi connectivity index (χ4n) is 3.98. The molecule has 2 unspecified atom stereocenters. The summed E-state index contributed by atoms with van der Waals surface area (Å²) in [5.41, 5.74) is 2.11. The van der Waals surface area contributed by atoms with Crippen LogP contribution in [0.25, 0.3) is 10.9 Å². The highest BCUT2D eigenvalue weighted by Gasteiger charge is 2.59. The molecule has 1 saturated heterocycles. The molecule has 2 aromatic heterocycles. The van der Waals surface area contributed by atoms with E-state index in [1.807, 2.05) is 17.0 Å². The molecule has 134 valence electrons. The van der Waals surface area contributed by atoms with Gasteiger partial charge in [0, 0.05) is 41.8 Å². The van der Waals surface area contributed by atoms with E-state index in [2.05, 4.69) is 18.0 Å². The van der Waals surface area contributed by atoms with Crippen LogP contribution in [-0.4, -0.2) is 40.7 Å². The molecular formula is C20H22N4O2. The van der Waals surface area contributed by atoms with Crippen molar-refractivity contribution in [2.24, 2.45) is 5.92 Å². The van der Waals surface area contributed by atoms with Gasteiger partial charge in [0.1, 0.15) is 11.8 Å². The van der Waals surface area contributed by atoms with Crippen molar-refractivity contribution in [2.45, 2.75) is 38.0 Å². The van der Waals surface area contributed by atoms with E-state index in [9.17, 15) is 4.79 Å². The Morgan fingerprint density at radius 3 is 3.19 bits per heavy atom. The van der Waals surface area contributed by atoms with Gasteiger partial charge in [0.25, 0.3) is 0 Å². The zero-order valence-electron chi connectivity index (χ0n) is 14.9. The van der Waals surface area contributed by atoms with Crippen molar-refractivity contribution in [1.82, 2.24) is 14.9 Å². The summed E-state index contributed by atoms with van der Waals surface area (Å²) in [5.74, 6) is 0.574. The fourth-order valence-corrected chi connectivity index (χ4v) is 3.98. The number of hydrogen-bond donors (Lipinski definition) is 0. The first kappa shape index (κ1) is 16.8. The summed E-state index contributed by atoms with van der Waals surface area (Å²) in [6.07, 6.45) is 5.43. The lowest BCUT2D eigenvalue weighted by atomic mass is 9.92. The van der Waals surface area contributed by atoms with Crippen LogP contribution in [0.2, 0.25) is 0 Å². The first-order valence-corrected chi connectivity index (χ1v) is 9.25. The number of fused-ring (bicyclic) bond motifs is 2. The highest BCUT2D eigenvalue weighted by Crippen LogP contribution is 2.58. The summed E-state index contributed by atoms with van der Waals surface area (Å²) in [4.78, 5) is 23.1. The van der Waals surface area contributed by atoms with E-state index in [-0.39, 0.29) is 11.5 Å². The summed E-state index contributed by atoms with van der Waals surface area (Å²) in [6.45, 7) is 3.99. The number of rotatable bonds is 4. The number of aromatic nitrogens is 2. The van der Waals surface area contributed by atoms with Gasteiger partial charge >= 0.3 is 6.09 Å². The minimum absolute atomic E-state index is 0.0632. The molecule has 1 aliphatic heterocycles. The number of carbonyl (C=O) groups excluding carboxylic acids is 1. The van der Waals surface area contributed by atoms with E-state index in [4.69, 9.17) is 15.0 Å². The Morgan fingerprint density at radius 2 is 2.38 bits per heavy atom. The van der Waals surface area contributed by atoms with Crippen molar-refractivity contribution in [1.29, 1.82) is 5.26 Å². The van der Waals surface area contributed by atoms with Crippen LogP contribution in [0.5, 0.6) is 0 Å². The molecule has 0 aromatic carbocycles. The average Bonchev–Trinajstić information content (AvgIpc) is 3.42. The first-order chi connectivity index (χ1) is 12.7. The smallest absolute Gasteiger partial charge is 0.409 e. The number of pyridine rings is 2. The molecule has 0 radical (unpaired) electrons. The van der Waals surface area contributed by atoms with Crippen LogP contribution in [-0.2, 0) is 10.2 Å². The molecule has 0 bridgehead atoms. The summed E-state index contributed by atoms with van der Waals surface area (Å²) in [5, 5.41) is 9.98. The van der Waals surface area contributed by atoms with Crippen molar-refractivity contribution >= 4 is 17.0 Å². The maximum Gasteiger partial charge on any atom is 0.409 e. The third-order valence-electron chi connectivity index (χ3n) is 5.63. The Kier molecular flexibility index (Phi) is 4.23. The number of nitriles is 1. The van der Waals surface area contributed by atoms with Crippen LogP contribution in [0.1, 0.15) is 44.0 Å². The summed E-state index contributed by atoms with van der Waals surface area (Å²) in [7, 11) is 0. The van der Waals surface area contributed by atoms with Gasteiger partial charge in [-0.15, -0.1) is 0 Å². The normalized spacial score (nSPS) is 24.0. The Balaban J connectivity index is 1.56. The van der Waals surface area contributed by atoms with Gasteiger partial charge in [0.15, 0.2) is 0 Å². The Morgan fingerprint density at radius 1 is 1.50 bits per heavy atom. The van der Waals surface area contributed by atoms with Gasteiger partial charge in [-0.25, -0.2) is 9.78 Å². The van der Waals surface area contributed by atoms with E-state index >= 15 is 0 Å². The van der Waals surface area contributed by atoms with Crippen LogP contribution in [0.15, 0.2) is 24.4 Å². The fraction of sp³-hybridized carbons (Fsp3) is 0.500. The second-order valence-corrected chi connectivity index (χ2v) is 7.31. The first-order valence-electron chi connectivity index (χ1n) is 9.25. The number of unbranched alkanes of at least 4 members (excludes halogenated alkanes) is 1. The van der Waals surface area contributed by atoms with Crippen LogP contribution < -0.4 is 0 Å². The molecule has 3 heterocycles. The van der Waals surface area contributed by atoms with Gasteiger partial charge in [0.2, 0.25) is 0 Å². The van der Waals surface area contributed by atoms with E-state index < -0.39 is 0 Å². The molecular weight excluding hydrogens is 328 g/mol. The molecule has 2 aliphatic rings. The summed E-state index contributed by atoms with van der Waals surface area (Å²) in [6, 6.07) is 7.84. The van der Waals surface area contributed by atoms with Gasteiger partial charge in [-0.3, -0.25) is 4.98 Å². The molecule has 2 atom stereocenters. The van der Waals surface area contributed by atoms with E-state index in [1.165, 1.54) is 0 Å². The molecule has 0 N–H and O–H groups in total. The van der Waals surface area contributed by atoms with Crippen molar-refractivity contribution < 1.29 is 9.53 Å². The third-order valence-corrected chi connectivity index (χ3v) is 5.63. The van der Waals surface area contributed by atoms with Crippen molar-refractivity contribution in [2.75, 3.05) is 19.7 Å². The largest absolute Gasteiger partial charge is 0.449 e. The van der Waals surface area contributed by atoms with E-state index in [1.54, 1.807) is 12.3 Å². The number of carbonyl (C=O) groups is 1. The van der Waals surface area contributed by atoms with Crippen LogP contribution >= 0.6 is 0 Å². The maximum absolute atomic E-state index is 12.3. The Bertz CT molecular complexity index is 891. The predicted molar refractivity (Wildman–Crippen MR) is 96.5 cm³/mol. The monoisotopic (exact) mass is 350 g/mol. The zero-order valence-corrected chi connectivity index (χ0v) is 14.9. The van der Waals surface area contributed by atoms with Crippen LogP contribution in [0.4, 0.5) is 4.79 Å². The van der Waals surface area contributed by atoms with Crippen LogP contribution in [0.3, 0.4) is 0 Å². The quantitative estimate of drug-likeness (QED) is 0.790. The maximum atomic E-state index is 12.3. The lowest BCUT2D eigenvalue weighted by Gasteiger charge is -2.32. The molecule has 2 aromatic rings. The second kappa shape index (κ2) is 6.56. The van der Waals surface area contributed by atoms with Gasteiger partial charge in [0.05, 0.1) is 12.1 Å². The standard InChI is InChI=1S/C20H22N4O2/c1-2-3-8-26-19(25)24-7-6-15-10-20(15,13-24)18-5-4-14-12-22-16(11-21)9-17(14)23-18/h4-5,9,12,15H,2-3,6-8,10,13H2,1H3. The molecule has 2 fully saturated rings. The Hall–Kier alpha value is -2.68. The SMILES string of the molecule is CCCCOC(=O)N1CCC2CC2(c2ccc3cnc(C#N)cc3n2)C1. The predicted octanol–water partition coefficient (Wildman–Crippen LogP) is 3.40. The third kappa shape index (κ3) is 2.88. The number of hydrogen-bond acceptors (Lipinski definition) is 5. The highest BCUT2D eigenvalue weighted by atomic mass is 16.6. The number of amides is 1. The van der Waals surface area contributed by atoms with Crippen molar-refractivity contribution in [3.63, 3.8) is 0 Å².